The molecule has 2 aromatic heterocycles. The molecule has 36 nitrogen and oxygen atoms in total. The van der Waals surface area contributed by atoms with E-state index in [1.807, 2.05) is 0 Å². The number of aromatic nitrogens is 6. The minimum atomic E-state index is -5.54. The molecule has 0 aliphatic carbocycles. The van der Waals surface area contributed by atoms with Crippen LogP contribution in [0.3, 0.4) is 0 Å². The molecule has 0 unspecified atom stereocenters. The van der Waals surface area contributed by atoms with Crippen molar-refractivity contribution in [1.29, 1.82) is 0 Å². The Morgan fingerprint density at radius 3 is 1.15 bits per heavy atom. The monoisotopic (exact) mass is 1630 g/mol. The Labute approximate surface area is 705 Å². The van der Waals surface area contributed by atoms with Crippen LogP contribution in [0.15, 0.2) is 153 Å². The molecule has 2 heterocycles. The van der Waals surface area contributed by atoms with Gasteiger partial charge >= 0.3 is 183 Å². The summed E-state index contributed by atoms with van der Waals surface area (Å²) in [5.74, 6) is -4.69. The van der Waals surface area contributed by atoms with E-state index in [0.717, 1.165) is 30.3 Å². The average molecular weight is 1630 g/mol. The van der Waals surface area contributed by atoms with Gasteiger partial charge in [0.2, 0.25) is 28.4 Å². The van der Waals surface area contributed by atoms with Crippen LogP contribution in [0.5, 0.6) is 34.8 Å². The van der Waals surface area contributed by atoms with Gasteiger partial charge in [-0.05, 0) is 119 Å². The molecule has 0 fully saturated rings. The number of benzene rings is 7. The summed E-state index contributed by atoms with van der Waals surface area (Å²) in [5.41, 5.74) is 1.09. The first kappa shape index (κ1) is 93.8. The number of nitrogens with two attached hydrogens (primary N) is 1. The van der Waals surface area contributed by atoms with Crippen LogP contribution in [0.1, 0.15) is 0 Å². The smallest absolute Gasteiger partial charge is 0.744 e. The molecule has 0 saturated carbocycles. The van der Waals surface area contributed by atoms with Crippen molar-refractivity contribution in [2.45, 2.75) is 29.4 Å². The molecule has 482 valence electrons. The van der Waals surface area contributed by atoms with Crippen molar-refractivity contribution in [3.8, 4) is 34.8 Å². The first-order valence-corrected chi connectivity index (χ1v) is 31.7. The SMILES string of the molecule is Nc1nc(Cl)nc(Nc2cc(S(=O)(=O)[O-])cc3cc(S(=O)(=O)[O-])c(N=Nc4cc(S(=O)(=O)[O-])ccc4O)c(O)c23)n1.O=S(=O)([O-])c1ccc(O)c(N=Nc2c(S(=O)(=O)[O-])cc3cc(S(=O)(=O)[O-])cc(Nc4nc(Cl)nc(Oc5ccccc5)n4)c3c2O)c1.[Cu].[Cu].[Na+].[Na+].[Na+].[Na+].[Na+].[Na+]. The number of hydrogen-bond donors (Lipinski definition) is 7. The predicted octanol–water partition coefficient (Wildman–Crippen LogP) is -12.7. The van der Waals surface area contributed by atoms with Gasteiger partial charge in [-0.3, -0.25) is 0 Å². The molecule has 2 radical (unpaired) electrons. The van der Waals surface area contributed by atoms with Gasteiger partial charge in [-0.25, -0.2) is 50.5 Å². The van der Waals surface area contributed by atoms with Gasteiger partial charge in [-0.2, -0.15) is 29.9 Å². The quantitative estimate of drug-likeness (QED) is 0.0268. The number of halogens is 2. The van der Waals surface area contributed by atoms with Gasteiger partial charge in [0.1, 0.15) is 101 Å². The van der Waals surface area contributed by atoms with Crippen molar-refractivity contribution < 1.29 is 314 Å². The van der Waals surface area contributed by atoms with Crippen molar-refractivity contribution in [3.63, 3.8) is 0 Å². The number of rotatable bonds is 16. The molecule has 0 atom stereocenters. The Morgan fingerprint density at radius 1 is 0.427 bits per heavy atom. The van der Waals surface area contributed by atoms with E-state index < -0.39 is 197 Å². The summed E-state index contributed by atoms with van der Waals surface area (Å²) in [5, 5.41) is 58.6. The maximum absolute atomic E-state index is 12.2. The number of para-hydroxylation sites is 1. The van der Waals surface area contributed by atoms with E-state index in [4.69, 9.17) is 33.7 Å². The number of ether oxygens (including phenoxy) is 1. The van der Waals surface area contributed by atoms with Crippen molar-refractivity contribution in [1.82, 2.24) is 29.9 Å². The van der Waals surface area contributed by atoms with E-state index in [2.05, 4.69) is 61.0 Å². The normalized spacial score (nSPS) is 11.5. The fraction of sp³-hybridized carbons (Fsp3) is 0. The zero-order valence-electron chi connectivity index (χ0n) is 48.7. The van der Waals surface area contributed by atoms with Crippen LogP contribution in [0.4, 0.5) is 52.0 Å². The summed E-state index contributed by atoms with van der Waals surface area (Å²) >= 11 is 11.7. The minimum Gasteiger partial charge on any atom is -0.744 e. The summed E-state index contributed by atoms with van der Waals surface area (Å²) in [6.07, 6.45) is 0. The summed E-state index contributed by atoms with van der Waals surface area (Å²) in [4.78, 5) is 16.5. The van der Waals surface area contributed by atoms with E-state index in [-0.39, 0.29) is 223 Å². The van der Waals surface area contributed by atoms with Crippen LogP contribution in [-0.4, -0.2) is 128 Å². The molecule has 0 spiro atoms. The van der Waals surface area contributed by atoms with E-state index in [0.29, 0.717) is 42.5 Å². The minimum absolute atomic E-state index is 0. The van der Waals surface area contributed by atoms with Gasteiger partial charge in [0.05, 0.1) is 40.7 Å². The molecule has 8 N–H and O–H groups in total. The van der Waals surface area contributed by atoms with Gasteiger partial charge in [0, 0.05) is 44.9 Å². The summed E-state index contributed by atoms with van der Waals surface area (Å²) in [7, 11) is -31.6. The van der Waals surface area contributed by atoms with Gasteiger partial charge in [-0.1, -0.05) is 18.2 Å². The van der Waals surface area contributed by atoms with Gasteiger partial charge < -0.3 is 68.8 Å². The summed E-state index contributed by atoms with van der Waals surface area (Å²) < 4.78 is 218. The topological polar surface area (TPSA) is 610 Å². The number of nitrogens with zero attached hydrogens (tertiary/aromatic N) is 10. The Hall–Kier alpha value is -2.24. The zero-order valence-corrected chi connectivity index (χ0v) is 69.0. The fourth-order valence-corrected chi connectivity index (χ4v) is 11.0. The maximum atomic E-state index is 12.2. The number of hydrogen-bond acceptors (Lipinski definition) is 36. The molecule has 0 aliphatic heterocycles. The molecule has 9 aromatic rings. The van der Waals surface area contributed by atoms with E-state index in [9.17, 15) is 98.2 Å². The van der Waals surface area contributed by atoms with E-state index >= 15 is 0 Å². The van der Waals surface area contributed by atoms with Crippen LogP contribution in [0, 0.1) is 0 Å². The van der Waals surface area contributed by atoms with Crippen molar-refractivity contribution in [3.05, 3.63) is 114 Å². The van der Waals surface area contributed by atoms with Crippen LogP contribution in [0.2, 0.25) is 10.6 Å². The number of fused-ring (bicyclic) bond motifs is 2. The molecular formula is C44H25Cl2Cu2N13Na6O23S6. The molecule has 96 heavy (non-hydrogen) atoms. The zero-order chi connectivity index (χ0) is 64.8. The predicted molar refractivity (Wildman–Crippen MR) is 291 cm³/mol. The average Bonchev–Trinajstić information content (AvgIpc) is 0.755. The van der Waals surface area contributed by atoms with Gasteiger partial charge in [0.15, 0.2) is 11.5 Å². The van der Waals surface area contributed by atoms with Crippen molar-refractivity contribution in [2.24, 2.45) is 20.5 Å². The number of anilines is 5. The Bertz CT molecular complexity index is 5210. The number of aromatic hydroxyl groups is 4. The standard InChI is InChI=1S/C25H17ClN6O12S3.C19H14ClN7O11S3.2Cu.6Na/c26-23-28-24(30-25(29-23)44-13-4-2-1-3-5-13)27-17-11-15(46(38,39)40)8-12-9-19(47(41,42)43)21(22(34)20(12)17)32-31-16-10-14(45(35,36)37)6-7-18(16)33;20-17-23-18(21)25-19(24-17)22-11-6-9(40(33,34)35)3-7-4-13(41(36,37)38)15(16(29)14(7)11)27-26-10-5-8(39(30,31)32)1-2-12(10)28;;;;;;;;/h1-11,33-34H,(H,35,36,37)(H,38,39,40)(H,41,42,43)(H,27,28,29,30);1-6,28-29H,(H,30,31,32)(H,33,34,35)(H,36,37,38)(H3,21,22,23,24,25);;;;;;;;/q;;;;6*+1/p-6. The fourth-order valence-electron chi connectivity index (χ4n) is 7.35. The third-order valence-electron chi connectivity index (χ3n) is 11.0. The molecule has 0 amide bonds. The molecule has 52 heteroatoms. The van der Waals surface area contributed by atoms with E-state index in [1.165, 1.54) is 0 Å². The van der Waals surface area contributed by atoms with Crippen molar-refractivity contribution in [2.75, 3.05) is 16.4 Å². The van der Waals surface area contributed by atoms with Crippen LogP contribution < -0.4 is 198 Å². The first-order valence-electron chi connectivity index (χ1n) is 22.5. The Morgan fingerprint density at radius 2 is 0.792 bits per heavy atom. The van der Waals surface area contributed by atoms with Gasteiger partial charge in [-0.15, -0.1) is 20.5 Å². The van der Waals surface area contributed by atoms with Gasteiger partial charge in [0.25, 0.3) is 0 Å². The largest absolute Gasteiger partial charge is 1.00 e. The van der Waals surface area contributed by atoms with Crippen LogP contribution in [-0.2, 0) is 94.8 Å². The number of azo groups is 2. The Balaban J connectivity index is 0.00000175. The summed E-state index contributed by atoms with van der Waals surface area (Å²) in [6, 6.07) is 15.9. The molecule has 7 aromatic carbocycles. The number of phenols is 4. The summed E-state index contributed by atoms with van der Waals surface area (Å²) in [6.45, 7) is 0. The number of nitrogens with one attached hydrogen (secondary N) is 2. The molecule has 0 saturated heterocycles. The second kappa shape index (κ2) is 37.3. The molecular weight excluding hydrogens is 1610 g/mol. The number of phenolic OH excluding ortho intramolecular Hbond substituents is 4. The van der Waals surface area contributed by atoms with E-state index in [1.54, 1.807) is 30.3 Å². The second-order valence-electron chi connectivity index (χ2n) is 16.9. The van der Waals surface area contributed by atoms with Crippen LogP contribution in [0.25, 0.3) is 21.5 Å². The second-order valence-corrected chi connectivity index (χ2v) is 25.8. The Kier molecular flexibility index (Phi) is 36.4. The third-order valence-corrected chi connectivity index (χ3v) is 16.3. The molecule has 9 rings (SSSR count). The third kappa shape index (κ3) is 23.9. The number of nitrogen functional groups attached to an aromatic ring is 1. The maximum Gasteiger partial charge on any atom is 1.00 e. The molecule has 0 bridgehead atoms. The van der Waals surface area contributed by atoms with Crippen LogP contribution >= 0.6 is 23.2 Å². The molecule has 0 aliphatic rings. The van der Waals surface area contributed by atoms with Crippen molar-refractivity contribution >= 4 is 157 Å². The first-order chi connectivity index (χ1) is 40.7.